The Morgan fingerprint density at radius 3 is 2.55 bits per heavy atom. The molecule has 0 aliphatic carbocycles. The molecule has 4 heteroatoms. The predicted molar refractivity (Wildman–Crippen MR) is 94.1 cm³/mol. The first-order valence-electron chi connectivity index (χ1n) is 7.83. The summed E-state index contributed by atoms with van der Waals surface area (Å²) in [5.41, 5.74) is 3.65. The molecule has 0 heterocycles. The lowest BCUT2D eigenvalue weighted by molar-refractivity contribution is 0.214. The maximum absolute atomic E-state index is 5.70. The highest BCUT2D eigenvalue weighted by molar-refractivity contribution is 5.59. The summed E-state index contributed by atoms with van der Waals surface area (Å²) in [4.78, 5) is 4.63. The fourth-order valence-electron chi connectivity index (χ4n) is 2.23. The lowest BCUT2D eigenvalue weighted by Gasteiger charge is -2.15. The van der Waals surface area contributed by atoms with E-state index in [4.69, 9.17) is 4.74 Å². The van der Waals surface area contributed by atoms with Crippen molar-refractivity contribution in [3.63, 3.8) is 0 Å². The van der Waals surface area contributed by atoms with Crippen molar-refractivity contribution in [1.29, 1.82) is 0 Å². The standard InChI is InChI=1S/C18H28N2O2/c1-5-6-12-22-17-13-15(2)18(16(3)14-17)19-10-8-7-9-11-20-21-4/h5-6,11,13-14,19H,7-10,12H2,1-4H3/b6-5+,20-11+. The number of nitrogens with one attached hydrogen (secondary N) is 1. The van der Waals surface area contributed by atoms with Crippen molar-refractivity contribution in [2.45, 2.75) is 40.0 Å². The largest absolute Gasteiger partial charge is 0.490 e. The second kappa shape index (κ2) is 10.7. The maximum Gasteiger partial charge on any atom is 0.120 e. The Balaban J connectivity index is 2.45. The molecule has 1 aromatic rings. The van der Waals surface area contributed by atoms with Crippen LogP contribution in [0.15, 0.2) is 29.4 Å². The van der Waals surface area contributed by atoms with Crippen LogP contribution < -0.4 is 10.1 Å². The molecule has 0 saturated heterocycles. The average molecular weight is 304 g/mol. The second-order valence-electron chi connectivity index (χ2n) is 5.21. The SMILES string of the molecule is C/C=C/COc1cc(C)c(NCCCC/C=N/OC)c(C)c1. The Bertz CT molecular complexity index is 473. The third-order valence-corrected chi connectivity index (χ3v) is 3.33. The Morgan fingerprint density at radius 2 is 1.91 bits per heavy atom. The van der Waals surface area contributed by atoms with Gasteiger partial charge in [0, 0.05) is 18.4 Å². The van der Waals surface area contributed by atoms with Crippen LogP contribution in [0, 0.1) is 13.8 Å². The molecular weight excluding hydrogens is 276 g/mol. The molecule has 0 aromatic heterocycles. The van der Waals surface area contributed by atoms with Crippen LogP contribution in [0.25, 0.3) is 0 Å². The molecule has 0 atom stereocenters. The zero-order valence-corrected chi connectivity index (χ0v) is 14.2. The lowest BCUT2D eigenvalue weighted by atomic mass is 10.1. The number of rotatable bonds is 10. The van der Waals surface area contributed by atoms with Crippen LogP contribution in [0.3, 0.4) is 0 Å². The van der Waals surface area contributed by atoms with E-state index >= 15 is 0 Å². The van der Waals surface area contributed by atoms with E-state index < -0.39 is 0 Å². The molecule has 22 heavy (non-hydrogen) atoms. The van der Waals surface area contributed by atoms with Gasteiger partial charge in [-0.3, -0.25) is 0 Å². The molecule has 1 rings (SSSR count). The van der Waals surface area contributed by atoms with Gasteiger partial charge in [0.1, 0.15) is 19.5 Å². The predicted octanol–water partition coefficient (Wildman–Crippen LogP) is 4.47. The van der Waals surface area contributed by atoms with Gasteiger partial charge in [-0.15, -0.1) is 0 Å². The topological polar surface area (TPSA) is 42.8 Å². The second-order valence-corrected chi connectivity index (χ2v) is 5.21. The van der Waals surface area contributed by atoms with Crippen molar-refractivity contribution in [2.75, 3.05) is 25.6 Å². The van der Waals surface area contributed by atoms with Crippen molar-refractivity contribution in [1.82, 2.24) is 0 Å². The fourth-order valence-corrected chi connectivity index (χ4v) is 2.23. The first kappa shape index (κ1) is 18.1. The van der Waals surface area contributed by atoms with Gasteiger partial charge in [-0.25, -0.2) is 0 Å². The molecule has 0 unspecified atom stereocenters. The minimum Gasteiger partial charge on any atom is -0.490 e. The molecule has 0 fully saturated rings. The molecule has 0 radical (unpaired) electrons. The number of allylic oxidation sites excluding steroid dienone is 1. The number of oxime groups is 1. The highest BCUT2D eigenvalue weighted by Gasteiger charge is 2.05. The van der Waals surface area contributed by atoms with Gasteiger partial charge in [-0.2, -0.15) is 0 Å². The van der Waals surface area contributed by atoms with Gasteiger partial charge in [-0.1, -0.05) is 17.3 Å². The third-order valence-electron chi connectivity index (χ3n) is 3.33. The van der Waals surface area contributed by atoms with Gasteiger partial charge >= 0.3 is 0 Å². The molecule has 1 aromatic carbocycles. The normalized spacial score (nSPS) is 11.3. The van der Waals surface area contributed by atoms with Crippen LogP contribution in [-0.4, -0.2) is 26.5 Å². The minimum atomic E-state index is 0.616. The number of anilines is 1. The zero-order chi connectivity index (χ0) is 16.2. The summed E-state index contributed by atoms with van der Waals surface area (Å²) in [6.07, 6.45) is 8.96. The molecule has 1 N–H and O–H groups in total. The van der Waals surface area contributed by atoms with E-state index in [0.717, 1.165) is 31.6 Å². The first-order chi connectivity index (χ1) is 10.7. The molecule has 0 spiro atoms. The third kappa shape index (κ3) is 6.66. The van der Waals surface area contributed by atoms with Crippen molar-refractivity contribution < 1.29 is 9.57 Å². The molecule has 0 saturated carbocycles. The molecule has 0 bridgehead atoms. The smallest absolute Gasteiger partial charge is 0.120 e. The number of aryl methyl sites for hydroxylation is 2. The van der Waals surface area contributed by atoms with Gasteiger partial charge in [-0.05, 0) is 63.3 Å². The lowest BCUT2D eigenvalue weighted by Crippen LogP contribution is -2.05. The van der Waals surface area contributed by atoms with Crippen LogP contribution >= 0.6 is 0 Å². The summed E-state index contributed by atoms with van der Waals surface area (Å²) < 4.78 is 5.70. The summed E-state index contributed by atoms with van der Waals surface area (Å²) in [5.74, 6) is 0.925. The van der Waals surface area contributed by atoms with Crippen molar-refractivity contribution in [3.8, 4) is 5.75 Å². The van der Waals surface area contributed by atoms with E-state index in [1.807, 2.05) is 25.3 Å². The van der Waals surface area contributed by atoms with E-state index in [-0.39, 0.29) is 0 Å². The maximum atomic E-state index is 5.70. The number of hydrogen-bond acceptors (Lipinski definition) is 4. The monoisotopic (exact) mass is 304 g/mol. The van der Waals surface area contributed by atoms with E-state index in [1.165, 1.54) is 16.8 Å². The van der Waals surface area contributed by atoms with Crippen LogP contribution in [-0.2, 0) is 4.84 Å². The van der Waals surface area contributed by atoms with E-state index in [1.54, 1.807) is 7.11 Å². The van der Waals surface area contributed by atoms with E-state index in [2.05, 4.69) is 41.3 Å². The molecule has 0 aliphatic heterocycles. The number of nitrogens with zero attached hydrogens (tertiary/aromatic N) is 1. The molecular formula is C18H28N2O2. The number of benzene rings is 1. The first-order valence-corrected chi connectivity index (χ1v) is 7.83. The van der Waals surface area contributed by atoms with Crippen LogP contribution in [0.1, 0.15) is 37.3 Å². The van der Waals surface area contributed by atoms with E-state index in [0.29, 0.717) is 6.61 Å². The minimum absolute atomic E-state index is 0.616. The average Bonchev–Trinajstić information content (AvgIpc) is 2.49. The summed E-state index contributed by atoms with van der Waals surface area (Å²) in [6, 6.07) is 4.17. The summed E-state index contributed by atoms with van der Waals surface area (Å²) in [7, 11) is 1.57. The number of ether oxygens (including phenoxy) is 1. The highest BCUT2D eigenvalue weighted by Crippen LogP contribution is 2.26. The zero-order valence-electron chi connectivity index (χ0n) is 14.2. The molecule has 0 aliphatic rings. The Kier molecular flexibility index (Phi) is 8.80. The van der Waals surface area contributed by atoms with Crippen LogP contribution in [0.4, 0.5) is 5.69 Å². The molecule has 122 valence electrons. The van der Waals surface area contributed by atoms with Gasteiger partial charge in [0.2, 0.25) is 0 Å². The van der Waals surface area contributed by atoms with Crippen molar-refractivity contribution >= 4 is 11.9 Å². The Hall–Kier alpha value is -1.97. The summed E-state index contributed by atoms with van der Waals surface area (Å²) in [6.45, 7) is 7.80. The van der Waals surface area contributed by atoms with Crippen LogP contribution in [0.2, 0.25) is 0 Å². The summed E-state index contributed by atoms with van der Waals surface area (Å²) >= 11 is 0. The molecule has 0 amide bonds. The fraction of sp³-hybridized carbons (Fsp3) is 0.500. The number of unbranched alkanes of at least 4 members (excludes halogenated alkanes) is 2. The number of hydrogen-bond donors (Lipinski definition) is 1. The van der Waals surface area contributed by atoms with Crippen molar-refractivity contribution in [3.05, 3.63) is 35.4 Å². The summed E-state index contributed by atoms with van der Waals surface area (Å²) in [5, 5.41) is 7.25. The van der Waals surface area contributed by atoms with Gasteiger partial charge in [0.05, 0.1) is 0 Å². The quantitative estimate of drug-likeness (QED) is 0.300. The highest BCUT2D eigenvalue weighted by atomic mass is 16.6. The van der Waals surface area contributed by atoms with E-state index in [9.17, 15) is 0 Å². The van der Waals surface area contributed by atoms with Gasteiger partial charge < -0.3 is 14.9 Å². The van der Waals surface area contributed by atoms with Crippen LogP contribution in [0.5, 0.6) is 5.75 Å². The van der Waals surface area contributed by atoms with Crippen molar-refractivity contribution in [2.24, 2.45) is 5.16 Å². The van der Waals surface area contributed by atoms with Gasteiger partial charge in [0.15, 0.2) is 0 Å². The Labute approximate surface area is 134 Å². The Morgan fingerprint density at radius 1 is 1.18 bits per heavy atom. The molecule has 4 nitrogen and oxygen atoms in total. The van der Waals surface area contributed by atoms with Gasteiger partial charge in [0.25, 0.3) is 0 Å².